The number of nitrogens with zero attached hydrogens (tertiary/aromatic N) is 3. The minimum absolute atomic E-state index is 0.295. The molecule has 0 bridgehead atoms. The van der Waals surface area contributed by atoms with Gasteiger partial charge in [-0.15, -0.1) is 0 Å². The van der Waals surface area contributed by atoms with E-state index in [2.05, 4.69) is 25.5 Å². The quantitative estimate of drug-likeness (QED) is 0.557. The van der Waals surface area contributed by atoms with Crippen molar-refractivity contribution in [3.63, 3.8) is 0 Å². The first-order valence-electron chi connectivity index (χ1n) is 11.2. The Balaban J connectivity index is 1.38. The molecule has 1 aromatic carbocycles. The molecule has 8 heteroatoms. The van der Waals surface area contributed by atoms with Crippen LogP contribution < -0.4 is 20.1 Å². The molecular weight excluding hydrogens is 394 g/mol. The summed E-state index contributed by atoms with van der Waals surface area (Å²) in [5, 5.41) is 6.73. The topological polar surface area (TPSA) is 80.8 Å². The van der Waals surface area contributed by atoms with Crippen LogP contribution in [0.15, 0.2) is 24.3 Å². The van der Waals surface area contributed by atoms with Crippen LogP contribution in [0.2, 0.25) is 0 Å². The van der Waals surface area contributed by atoms with E-state index in [-0.39, 0.29) is 0 Å². The normalized spacial score (nSPS) is 18.8. The fraction of sp³-hybridized carbons (Fsp3) is 0.565. The molecule has 0 amide bonds. The number of aryl methyl sites for hydroxylation is 1. The molecule has 1 aromatic heterocycles. The van der Waals surface area contributed by atoms with Gasteiger partial charge >= 0.3 is 0 Å². The molecule has 2 N–H and O–H groups in total. The number of hydrogen-bond donors (Lipinski definition) is 2. The lowest BCUT2D eigenvalue weighted by Crippen LogP contribution is -2.21. The van der Waals surface area contributed by atoms with Gasteiger partial charge in [0.1, 0.15) is 5.82 Å². The second-order valence-electron chi connectivity index (χ2n) is 8.16. The Morgan fingerprint density at radius 2 is 2.03 bits per heavy atom. The molecular formula is C23H33N5O3. The highest BCUT2D eigenvalue weighted by Crippen LogP contribution is 2.31. The summed E-state index contributed by atoms with van der Waals surface area (Å²) < 4.78 is 17.0. The van der Waals surface area contributed by atoms with E-state index in [1.54, 1.807) is 7.11 Å². The van der Waals surface area contributed by atoms with Gasteiger partial charge in [-0.3, -0.25) is 0 Å². The van der Waals surface area contributed by atoms with Gasteiger partial charge in [0.25, 0.3) is 0 Å². The van der Waals surface area contributed by atoms with Crippen molar-refractivity contribution in [3.8, 4) is 11.5 Å². The van der Waals surface area contributed by atoms with Gasteiger partial charge in [-0.25, -0.2) is 4.98 Å². The van der Waals surface area contributed by atoms with Crippen LogP contribution in [-0.4, -0.2) is 67.5 Å². The summed E-state index contributed by atoms with van der Waals surface area (Å²) in [5.74, 6) is 2.80. The summed E-state index contributed by atoms with van der Waals surface area (Å²) in [6.07, 6.45) is 4.62. The highest BCUT2D eigenvalue weighted by atomic mass is 16.5. The summed E-state index contributed by atoms with van der Waals surface area (Å²) in [6.45, 7) is 7.63. The van der Waals surface area contributed by atoms with E-state index in [0.29, 0.717) is 25.2 Å². The smallest absolute Gasteiger partial charge is 0.229 e. The van der Waals surface area contributed by atoms with Gasteiger partial charge in [0.05, 0.1) is 26.4 Å². The minimum Gasteiger partial charge on any atom is -0.493 e. The lowest BCUT2D eigenvalue weighted by molar-refractivity contribution is 0.195. The molecule has 3 heterocycles. The molecule has 2 aliphatic heterocycles. The summed E-state index contributed by atoms with van der Waals surface area (Å²) in [6, 6.07) is 8.04. The molecule has 168 valence electrons. The number of ether oxygens (including phenoxy) is 3. The second-order valence-corrected chi connectivity index (χ2v) is 8.16. The van der Waals surface area contributed by atoms with Gasteiger partial charge < -0.3 is 29.7 Å². The van der Waals surface area contributed by atoms with Gasteiger partial charge in [0, 0.05) is 36.7 Å². The third-order valence-electron chi connectivity index (χ3n) is 5.63. The van der Waals surface area contributed by atoms with Crippen molar-refractivity contribution in [2.75, 3.05) is 57.2 Å². The fourth-order valence-electron chi connectivity index (χ4n) is 4.03. The summed E-state index contributed by atoms with van der Waals surface area (Å²) >= 11 is 0. The van der Waals surface area contributed by atoms with E-state index in [1.165, 1.54) is 25.9 Å². The van der Waals surface area contributed by atoms with Crippen molar-refractivity contribution < 1.29 is 14.2 Å². The van der Waals surface area contributed by atoms with E-state index < -0.39 is 0 Å². The Kier molecular flexibility index (Phi) is 7.43. The zero-order valence-electron chi connectivity index (χ0n) is 18.5. The van der Waals surface area contributed by atoms with Crippen LogP contribution in [0.25, 0.3) is 0 Å². The van der Waals surface area contributed by atoms with Crippen LogP contribution in [-0.2, 0) is 4.74 Å². The van der Waals surface area contributed by atoms with E-state index in [0.717, 1.165) is 54.7 Å². The lowest BCUT2D eigenvalue weighted by Gasteiger charge is -2.16. The van der Waals surface area contributed by atoms with Gasteiger partial charge in [0.15, 0.2) is 11.5 Å². The van der Waals surface area contributed by atoms with Crippen LogP contribution in [0.5, 0.6) is 11.5 Å². The molecule has 0 aliphatic carbocycles. The van der Waals surface area contributed by atoms with Crippen LogP contribution >= 0.6 is 0 Å². The minimum atomic E-state index is 0.295. The highest BCUT2D eigenvalue weighted by molar-refractivity contribution is 5.60. The molecule has 0 radical (unpaired) electrons. The molecule has 4 rings (SSSR count). The van der Waals surface area contributed by atoms with Crippen LogP contribution in [0, 0.1) is 6.92 Å². The largest absolute Gasteiger partial charge is 0.493 e. The Labute approximate surface area is 184 Å². The first-order valence-corrected chi connectivity index (χ1v) is 11.2. The molecule has 8 nitrogen and oxygen atoms in total. The first kappa shape index (κ1) is 21.6. The molecule has 31 heavy (non-hydrogen) atoms. The fourth-order valence-corrected chi connectivity index (χ4v) is 4.03. The van der Waals surface area contributed by atoms with Crippen molar-refractivity contribution in [2.45, 2.75) is 38.6 Å². The van der Waals surface area contributed by atoms with Crippen molar-refractivity contribution >= 4 is 17.5 Å². The van der Waals surface area contributed by atoms with Crippen LogP contribution in [0.3, 0.4) is 0 Å². The maximum absolute atomic E-state index is 6.04. The number of likely N-dealkylation sites (tertiary alicyclic amines) is 1. The Hall–Kier alpha value is -2.58. The van der Waals surface area contributed by atoms with Crippen molar-refractivity contribution in [2.24, 2.45) is 0 Å². The zero-order chi connectivity index (χ0) is 21.5. The van der Waals surface area contributed by atoms with Gasteiger partial charge in [-0.2, -0.15) is 4.98 Å². The van der Waals surface area contributed by atoms with Gasteiger partial charge in [-0.1, -0.05) is 0 Å². The maximum Gasteiger partial charge on any atom is 0.229 e. The van der Waals surface area contributed by atoms with E-state index in [1.807, 2.05) is 31.2 Å². The zero-order valence-corrected chi connectivity index (χ0v) is 18.5. The van der Waals surface area contributed by atoms with E-state index in [9.17, 15) is 0 Å². The number of nitrogens with one attached hydrogen (secondary N) is 2. The second kappa shape index (κ2) is 10.6. The predicted octanol–water partition coefficient (Wildman–Crippen LogP) is 3.60. The number of hydrogen-bond acceptors (Lipinski definition) is 8. The Morgan fingerprint density at radius 1 is 1.16 bits per heavy atom. The number of rotatable bonds is 10. The van der Waals surface area contributed by atoms with Crippen molar-refractivity contribution in [1.29, 1.82) is 0 Å². The number of anilines is 3. The average Bonchev–Trinajstić information content (AvgIpc) is 3.45. The van der Waals surface area contributed by atoms with Crippen LogP contribution in [0.1, 0.15) is 31.4 Å². The standard InChI is InChI=1S/C23H33N5O3/c1-17-14-22(25-19-8-13-30-16-19)27-23(24-17)26-18-6-7-20(29-2)21(15-18)31-12-5-11-28-9-3-4-10-28/h6-7,14-15,19H,3-5,8-13,16H2,1-2H3,(H2,24,25,26,27). The van der Waals surface area contributed by atoms with E-state index in [4.69, 9.17) is 14.2 Å². The molecule has 2 fully saturated rings. The van der Waals surface area contributed by atoms with Crippen molar-refractivity contribution in [3.05, 3.63) is 30.0 Å². The maximum atomic E-state index is 6.04. The molecule has 1 unspecified atom stereocenters. The molecule has 0 saturated carbocycles. The average molecular weight is 428 g/mol. The number of aromatic nitrogens is 2. The first-order chi connectivity index (χ1) is 15.2. The molecule has 2 aromatic rings. The number of benzene rings is 1. The Morgan fingerprint density at radius 3 is 2.81 bits per heavy atom. The van der Waals surface area contributed by atoms with E-state index >= 15 is 0 Å². The van der Waals surface area contributed by atoms with Gasteiger partial charge in [0.2, 0.25) is 5.95 Å². The molecule has 2 saturated heterocycles. The highest BCUT2D eigenvalue weighted by Gasteiger charge is 2.16. The Bertz CT molecular complexity index is 851. The SMILES string of the molecule is COc1ccc(Nc2nc(C)cc(NC3CCOC3)n2)cc1OCCCN1CCCC1. The summed E-state index contributed by atoms with van der Waals surface area (Å²) in [7, 11) is 1.66. The molecule has 2 aliphatic rings. The summed E-state index contributed by atoms with van der Waals surface area (Å²) in [4.78, 5) is 11.6. The monoisotopic (exact) mass is 427 g/mol. The summed E-state index contributed by atoms with van der Waals surface area (Å²) in [5.41, 5.74) is 1.75. The third kappa shape index (κ3) is 6.21. The van der Waals surface area contributed by atoms with Crippen LogP contribution in [0.4, 0.5) is 17.5 Å². The third-order valence-corrected chi connectivity index (χ3v) is 5.63. The molecule has 0 spiro atoms. The molecule has 1 atom stereocenters. The predicted molar refractivity (Wildman–Crippen MR) is 122 cm³/mol. The van der Waals surface area contributed by atoms with Crippen molar-refractivity contribution in [1.82, 2.24) is 14.9 Å². The number of methoxy groups -OCH3 is 1. The van der Waals surface area contributed by atoms with Gasteiger partial charge in [-0.05, 0) is 57.8 Å². The lowest BCUT2D eigenvalue weighted by atomic mass is 10.2.